The second kappa shape index (κ2) is 9.71. The topological polar surface area (TPSA) is 149 Å². The fraction of sp³-hybridized carbons (Fsp3) is 0. The normalized spacial score (nSPS) is 10.7. The second-order valence-electron chi connectivity index (χ2n) is 6.18. The highest BCUT2D eigenvalue weighted by Gasteiger charge is 2.23. The minimum absolute atomic E-state index is 0.0293. The van der Waals surface area contributed by atoms with E-state index in [1.807, 2.05) is 0 Å². The number of hydrogen-bond acceptors (Lipinski definition) is 8. The molecular weight excluding hydrogens is 437 g/mol. The maximum absolute atomic E-state index is 14.8. The molecule has 0 aliphatic rings. The van der Waals surface area contributed by atoms with Gasteiger partial charge in [-0.15, -0.1) is 0 Å². The zero-order valence-electron chi connectivity index (χ0n) is 16.3. The summed E-state index contributed by atoms with van der Waals surface area (Å²) in [6.45, 7) is -0.250. The molecule has 0 amide bonds. The van der Waals surface area contributed by atoms with Gasteiger partial charge >= 0.3 is 0 Å². The van der Waals surface area contributed by atoms with E-state index in [2.05, 4.69) is 19.9 Å². The van der Waals surface area contributed by atoms with E-state index in [0.717, 1.165) is 0 Å². The lowest BCUT2D eigenvalue weighted by molar-refractivity contribution is -0.122. The van der Waals surface area contributed by atoms with Gasteiger partial charge in [0.1, 0.15) is 12.1 Å². The van der Waals surface area contributed by atoms with Gasteiger partial charge in [0.05, 0.1) is 4.90 Å². The van der Waals surface area contributed by atoms with Gasteiger partial charge in [0.15, 0.2) is 5.03 Å². The highest BCUT2D eigenvalue weighted by Crippen LogP contribution is 2.33. The van der Waals surface area contributed by atoms with Crippen molar-refractivity contribution in [2.75, 3.05) is 5.73 Å². The fourth-order valence-corrected chi connectivity index (χ4v) is 4.27. The molecule has 0 fully saturated rings. The second-order valence-corrected chi connectivity index (χ2v) is 8.04. The first kappa shape index (κ1) is 22.4. The molecule has 0 aliphatic carbocycles. The van der Waals surface area contributed by atoms with Crippen molar-refractivity contribution in [2.24, 2.45) is 0 Å². The van der Waals surface area contributed by atoms with Gasteiger partial charge in [-0.05, 0) is 23.8 Å². The standard InChI is InChI=1S/C20H14FN5O2S.CH2O2/c21-17-9-13(5-6-15(17)14-10-24-20(22)25-11-14)16-3-1-2-4-18(16)29(27,28)19-7-8-23-12-26-19;2-1-3/h1-12H,(H2,22,24,25);1H,(H,2,3). The molecule has 32 heavy (non-hydrogen) atoms. The predicted molar refractivity (Wildman–Crippen MR) is 113 cm³/mol. The van der Waals surface area contributed by atoms with Crippen molar-refractivity contribution in [1.29, 1.82) is 0 Å². The number of nitrogen functional groups attached to an aromatic ring is 1. The summed E-state index contributed by atoms with van der Waals surface area (Å²) in [5.41, 5.74) is 6.99. The van der Waals surface area contributed by atoms with Crippen LogP contribution in [0, 0.1) is 5.82 Å². The SMILES string of the molecule is Nc1ncc(-c2ccc(-c3ccccc3S(=O)(=O)c3ccncn3)cc2F)cn1.O=CO. The van der Waals surface area contributed by atoms with Crippen LogP contribution in [0.4, 0.5) is 10.3 Å². The monoisotopic (exact) mass is 453 g/mol. The first-order chi connectivity index (χ1) is 15.4. The molecule has 0 aliphatic heterocycles. The minimum Gasteiger partial charge on any atom is -0.483 e. The first-order valence-corrected chi connectivity index (χ1v) is 10.4. The quantitative estimate of drug-likeness (QED) is 0.351. The van der Waals surface area contributed by atoms with E-state index in [4.69, 9.17) is 15.6 Å². The van der Waals surface area contributed by atoms with Crippen LogP contribution in [0.15, 0.2) is 83.4 Å². The minimum atomic E-state index is -3.91. The Balaban J connectivity index is 0.000000913. The molecule has 0 saturated heterocycles. The Morgan fingerprint density at radius 3 is 2.25 bits per heavy atom. The summed E-state index contributed by atoms with van der Waals surface area (Å²) in [6, 6.07) is 12.2. The van der Waals surface area contributed by atoms with Crippen molar-refractivity contribution in [2.45, 2.75) is 9.92 Å². The van der Waals surface area contributed by atoms with Crippen molar-refractivity contribution in [3.05, 3.63) is 79.3 Å². The lowest BCUT2D eigenvalue weighted by Crippen LogP contribution is -2.06. The van der Waals surface area contributed by atoms with Gasteiger partial charge in [-0.2, -0.15) is 0 Å². The summed E-state index contributed by atoms with van der Waals surface area (Å²) in [4.78, 5) is 23.7. The number of sulfone groups is 1. The summed E-state index contributed by atoms with van der Waals surface area (Å²) in [7, 11) is -3.91. The molecule has 3 N–H and O–H groups in total. The van der Waals surface area contributed by atoms with Gasteiger partial charge in [-0.25, -0.2) is 32.7 Å². The van der Waals surface area contributed by atoms with Crippen molar-refractivity contribution in [3.8, 4) is 22.3 Å². The largest absolute Gasteiger partial charge is 0.483 e. The third-order valence-electron chi connectivity index (χ3n) is 4.27. The Kier molecular flexibility index (Phi) is 6.80. The summed E-state index contributed by atoms with van der Waals surface area (Å²) in [5.74, 6) is -0.445. The number of nitrogens with zero attached hydrogens (tertiary/aromatic N) is 4. The van der Waals surface area contributed by atoms with Crippen LogP contribution in [0.2, 0.25) is 0 Å². The van der Waals surface area contributed by atoms with Crippen LogP contribution >= 0.6 is 0 Å². The maximum Gasteiger partial charge on any atom is 0.290 e. The number of nitrogens with two attached hydrogens (primary N) is 1. The number of hydrogen-bond donors (Lipinski definition) is 2. The zero-order valence-corrected chi connectivity index (χ0v) is 17.1. The van der Waals surface area contributed by atoms with Gasteiger partial charge in [0.2, 0.25) is 15.8 Å². The molecule has 11 heteroatoms. The van der Waals surface area contributed by atoms with E-state index >= 15 is 0 Å². The highest BCUT2D eigenvalue weighted by atomic mass is 32.2. The van der Waals surface area contributed by atoms with E-state index in [0.29, 0.717) is 16.7 Å². The van der Waals surface area contributed by atoms with E-state index in [-0.39, 0.29) is 27.9 Å². The van der Waals surface area contributed by atoms with Gasteiger partial charge in [-0.3, -0.25) is 4.79 Å². The fourth-order valence-electron chi connectivity index (χ4n) is 2.88. The Labute approximate surface area is 182 Å². The van der Waals surface area contributed by atoms with Crippen LogP contribution in [0.3, 0.4) is 0 Å². The van der Waals surface area contributed by atoms with Crippen molar-refractivity contribution in [1.82, 2.24) is 19.9 Å². The number of halogens is 1. The average Bonchev–Trinajstić information content (AvgIpc) is 2.81. The van der Waals surface area contributed by atoms with Gasteiger partial charge in [0, 0.05) is 35.3 Å². The number of carboxylic acid groups (broad SMARTS) is 1. The first-order valence-electron chi connectivity index (χ1n) is 8.94. The van der Waals surface area contributed by atoms with E-state index in [1.54, 1.807) is 30.3 Å². The van der Waals surface area contributed by atoms with Crippen LogP contribution in [0.5, 0.6) is 0 Å². The Hall–Kier alpha value is -4.25. The van der Waals surface area contributed by atoms with E-state index in [9.17, 15) is 12.8 Å². The number of rotatable bonds is 4. The number of benzene rings is 2. The van der Waals surface area contributed by atoms with Crippen molar-refractivity contribution < 1.29 is 22.7 Å². The lowest BCUT2D eigenvalue weighted by Gasteiger charge is -2.11. The molecule has 0 radical (unpaired) electrons. The van der Waals surface area contributed by atoms with Crippen LogP contribution in [0.1, 0.15) is 0 Å². The summed E-state index contributed by atoms with van der Waals surface area (Å²) < 4.78 is 40.9. The molecule has 4 aromatic rings. The summed E-state index contributed by atoms with van der Waals surface area (Å²) in [5, 5.41) is 6.76. The molecule has 9 nitrogen and oxygen atoms in total. The molecular formula is C21H16FN5O4S. The van der Waals surface area contributed by atoms with Gasteiger partial charge in [0.25, 0.3) is 6.47 Å². The van der Waals surface area contributed by atoms with Crippen LogP contribution in [-0.2, 0) is 14.6 Å². The number of aromatic nitrogens is 4. The molecule has 0 spiro atoms. The summed E-state index contributed by atoms with van der Waals surface area (Å²) >= 11 is 0. The third kappa shape index (κ3) is 4.73. The molecule has 0 saturated carbocycles. The lowest BCUT2D eigenvalue weighted by atomic mass is 10.0. The highest BCUT2D eigenvalue weighted by molar-refractivity contribution is 7.91. The third-order valence-corrected chi connectivity index (χ3v) is 6.00. The Bertz CT molecular complexity index is 1330. The average molecular weight is 453 g/mol. The van der Waals surface area contributed by atoms with Gasteiger partial charge in [-0.1, -0.05) is 30.3 Å². The van der Waals surface area contributed by atoms with Crippen LogP contribution < -0.4 is 5.73 Å². The van der Waals surface area contributed by atoms with Crippen molar-refractivity contribution in [3.63, 3.8) is 0 Å². The molecule has 0 atom stereocenters. The smallest absolute Gasteiger partial charge is 0.290 e. The Morgan fingerprint density at radius 2 is 1.62 bits per heavy atom. The van der Waals surface area contributed by atoms with Crippen LogP contribution in [0.25, 0.3) is 22.3 Å². The van der Waals surface area contributed by atoms with Crippen molar-refractivity contribution >= 4 is 22.3 Å². The molecule has 2 aromatic heterocycles. The summed E-state index contributed by atoms with van der Waals surface area (Å²) in [6.07, 6.45) is 5.37. The Morgan fingerprint density at radius 1 is 0.938 bits per heavy atom. The maximum atomic E-state index is 14.8. The van der Waals surface area contributed by atoms with Gasteiger partial charge < -0.3 is 10.8 Å². The predicted octanol–water partition coefficient (Wildman–Crippen LogP) is 2.86. The van der Waals surface area contributed by atoms with E-state index < -0.39 is 15.7 Å². The number of carbonyl (C=O) groups is 1. The zero-order chi connectivity index (χ0) is 23.1. The molecule has 4 rings (SSSR count). The molecule has 0 bridgehead atoms. The van der Waals surface area contributed by atoms with E-state index in [1.165, 1.54) is 43.1 Å². The molecule has 162 valence electrons. The van der Waals surface area contributed by atoms with Crippen LogP contribution in [-0.4, -0.2) is 39.9 Å². The molecule has 2 aromatic carbocycles. The number of anilines is 1. The molecule has 2 heterocycles. The molecule has 0 unspecified atom stereocenters.